The van der Waals surface area contributed by atoms with Gasteiger partial charge in [0.2, 0.25) is 0 Å². The van der Waals surface area contributed by atoms with Crippen LogP contribution < -0.4 is 10.6 Å². The third-order valence-corrected chi connectivity index (χ3v) is 3.53. The molecule has 1 heterocycles. The van der Waals surface area contributed by atoms with Gasteiger partial charge in [0, 0.05) is 17.1 Å². The number of esters is 1. The summed E-state index contributed by atoms with van der Waals surface area (Å²) in [6.45, 7) is 3.79. The first kappa shape index (κ1) is 14.1. The van der Waals surface area contributed by atoms with E-state index in [2.05, 4.69) is 10.6 Å². The van der Waals surface area contributed by atoms with Crippen LogP contribution in [0.25, 0.3) is 0 Å². The third kappa shape index (κ3) is 3.58. The SMILES string of the molecule is Cc1ccc(NC(=S)N[C@@H]2C[C@@H](C)OC2=O)cc1Cl. The number of nitrogens with one attached hydrogen (secondary N) is 2. The van der Waals surface area contributed by atoms with Crippen LogP contribution in [-0.4, -0.2) is 23.2 Å². The standard InChI is InChI=1S/C13H15ClN2O2S/c1-7-3-4-9(6-10(7)14)15-13(19)16-11-5-8(2)18-12(11)17/h3-4,6,8,11H,5H2,1-2H3,(H2,15,16,19)/t8-,11-/m1/s1. The van der Waals surface area contributed by atoms with E-state index in [0.29, 0.717) is 16.6 Å². The molecule has 6 heteroatoms. The summed E-state index contributed by atoms with van der Waals surface area (Å²) in [7, 11) is 0. The molecule has 1 aromatic carbocycles. The molecule has 0 aromatic heterocycles. The molecule has 0 spiro atoms. The summed E-state index contributed by atoms with van der Waals surface area (Å²) in [5.41, 5.74) is 1.78. The first-order valence-corrected chi connectivity index (χ1v) is 6.78. The zero-order chi connectivity index (χ0) is 14.0. The monoisotopic (exact) mass is 298 g/mol. The number of ether oxygens (including phenoxy) is 1. The molecule has 1 aromatic rings. The minimum absolute atomic E-state index is 0.0679. The highest BCUT2D eigenvalue weighted by atomic mass is 35.5. The van der Waals surface area contributed by atoms with Crippen LogP contribution >= 0.6 is 23.8 Å². The van der Waals surface area contributed by atoms with Gasteiger partial charge in [0.1, 0.15) is 12.1 Å². The van der Waals surface area contributed by atoms with E-state index in [0.717, 1.165) is 11.3 Å². The van der Waals surface area contributed by atoms with Gasteiger partial charge in [-0.05, 0) is 43.8 Å². The second kappa shape index (κ2) is 5.75. The van der Waals surface area contributed by atoms with Gasteiger partial charge in [0.25, 0.3) is 0 Å². The lowest BCUT2D eigenvalue weighted by Crippen LogP contribution is -2.40. The number of anilines is 1. The summed E-state index contributed by atoms with van der Waals surface area (Å²) in [6.07, 6.45) is 0.552. The second-order valence-electron chi connectivity index (χ2n) is 4.60. The summed E-state index contributed by atoms with van der Waals surface area (Å²) in [5.74, 6) is -0.265. The molecule has 1 saturated heterocycles. The Balaban J connectivity index is 1.94. The number of halogens is 1. The lowest BCUT2D eigenvalue weighted by molar-refractivity contribution is -0.142. The summed E-state index contributed by atoms with van der Waals surface area (Å²) >= 11 is 11.2. The molecule has 0 radical (unpaired) electrons. The van der Waals surface area contributed by atoms with Crippen LogP contribution in [0.1, 0.15) is 18.9 Å². The Hall–Kier alpha value is -1.33. The molecule has 2 N–H and O–H groups in total. The Bertz CT molecular complexity index is 521. The van der Waals surface area contributed by atoms with Gasteiger partial charge in [-0.15, -0.1) is 0 Å². The maximum absolute atomic E-state index is 11.5. The van der Waals surface area contributed by atoms with Crippen molar-refractivity contribution in [2.24, 2.45) is 0 Å². The summed E-state index contributed by atoms with van der Waals surface area (Å²) in [5, 5.41) is 7.00. The van der Waals surface area contributed by atoms with Crippen LogP contribution in [0.15, 0.2) is 18.2 Å². The maximum atomic E-state index is 11.5. The van der Waals surface area contributed by atoms with E-state index >= 15 is 0 Å². The average Bonchev–Trinajstić information content (AvgIpc) is 2.62. The van der Waals surface area contributed by atoms with Gasteiger partial charge in [-0.2, -0.15) is 0 Å². The predicted octanol–water partition coefficient (Wildman–Crippen LogP) is 2.64. The Morgan fingerprint density at radius 2 is 2.26 bits per heavy atom. The van der Waals surface area contributed by atoms with Crippen LogP contribution in [0, 0.1) is 6.92 Å². The molecule has 4 nitrogen and oxygen atoms in total. The molecule has 19 heavy (non-hydrogen) atoms. The molecular weight excluding hydrogens is 284 g/mol. The van der Waals surface area contributed by atoms with Crippen LogP contribution in [-0.2, 0) is 9.53 Å². The fourth-order valence-corrected chi connectivity index (χ4v) is 2.31. The van der Waals surface area contributed by atoms with Crippen LogP contribution in [0.4, 0.5) is 5.69 Å². The van der Waals surface area contributed by atoms with E-state index in [9.17, 15) is 4.79 Å². The highest BCUT2D eigenvalue weighted by Gasteiger charge is 2.32. The van der Waals surface area contributed by atoms with Crippen molar-refractivity contribution in [3.63, 3.8) is 0 Å². The molecule has 1 aliphatic rings. The molecule has 0 aliphatic carbocycles. The number of carbonyl (C=O) groups excluding carboxylic acids is 1. The maximum Gasteiger partial charge on any atom is 0.329 e. The summed E-state index contributed by atoms with van der Waals surface area (Å²) in [4.78, 5) is 11.5. The number of hydrogen-bond acceptors (Lipinski definition) is 3. The van der Waals surface area contributed by atoms with Crippen molar-refractivity contribution in [2.45, 2.75) is 32.4 Å². The molecule has 102 valence electrons. The van der Waals surface area contributed by atoms with E-state index in [1.165, 1.54) is 0 Å². The lowest BCUT2D eigenvalue weighted by Gasteiger charge is -2.13. The van der Waals surface area contributed by atoms with Crippen molar-refractivity contribution in [3.8, 4) is 0 Å². The van der Waals surface area contributed by atoms with Gasteiger partial charge in [0.05, 0.1) is 0 Å². The van der Waals surface area contributed by atoms with Gasteiger partial charge in [0.15, 0.2) is 5.11 Å². The summed E-state index contributed by atoms with van der Waals surface area (Å²) < 4.78 is 5.05. The Kier molecular flexibility index (Phi) is 4.27. The highest BCUT2D eigenvalue weighted by Crippen LogP contribution is 2.20. The quantitative estimate of drug-likeness (QED) is 0.649. The number of cyclic esters (lactones) is 1. The first-order valence-electron chi connectivity index (χ1n) is 6.00. The van der Waals surface area contributed by atoms with Crippen molar-refractivity contribution in [2.75, 3.05) is 5.32 Å². The number of carbonyl (C=O) groups is 1. The zero-order valence-electron chi connectivity index (χ0n) is 10.7. The van der Waals surface area contributed by atoms with Crippen molar-refractivity contribution in [1.29, 1.82) is 0 Å². The van der Waals surface area contributed by atoms with Crippen molar-refractivity contribution < 1.29 is 9.53 Å². The molecule has 1 aliphatic heterocycles. The van der Waals surface area contributed by atoms with Crippen LogP contribution in [0.5, 0.6) is 0 Å². The van der Waals surface area contributed by atoms with Gasteiger partial charge in [-0.1, -0.05) is 17.7 Å². The number of aryl methyl sites for hydroxylation is 1. The van der Waals surface area contributed by atoms with E-state index in [4.69, 9.17) is 28.6 Å². The number of rotatable bonds is 2. The highest BCUT2D eigenvalue weighted by molar-refractivity contribution is 7.80. The van der Waals surface area contributed by atoms with Crippen molar-refractivity contribution in [3.05, 3.63) is 28.8 Å². The normalized spacial score (nSPS) is 21.9. The van der Waals surface area contributed by atoms with Gasteiger partial charge in [-0.3, -0.25) is 0 Å². The second-order valence-corrected chi connectivity index (χ2v) is 5.41. The number of thiocarbonyl (C=S) groups is 1. The molecule has 0 saturated carbocycles. The largest absolute Gasteiger partial charge is 0.461 e. The fourth-order valence-electron chi connectivity index (χ4n) is 1.87. The molecule has 2 atom stereocenters. The average molecular weight is 299 g/mol. The van der Waals surface area contributed by atoms with Gasteiger partial charge >= 0.3 is 5.97 Å². The van der Waals surface area contributed by atoms with E-state index in [1.807, 2.05) is 26.0 Å². The van der Waals surface area contributed by atoms with Gasteiger partial charge in [-0.25, -0.2) is 4.79 Å². The zero-order valence-corrected chi connectivity index (χ0v) is 12.3. The molecule has 0 bridgehead atoms. The van der Waals surface area contributed by atoms with Crippen LogP contribution in [0.3, 0.4) is 0 Å². The van der Waals surface area contributed by atoms with Crippen molar-refractivity contribution >= 4 is 40.6 Å². The number of hydrogen-bond donors (Lipinski definition) is 2. The Morgan fingerprint density at radius 1 is 1.53 bits per heavy atom. The fraction of sp³-hybridized carbons (Fsp3) is 0.385. The Labute approximate surface area is 122 Å². The minimum atomic E-state index is -0.379. The Morgan fingerprint density at radius 3 is 2.84 bits per heavy atom. The van der Waals surface area contributed by atoms with E-state index < -0.39 is 0 Å². The summed E-state index contributed by atoms with van der Waals surface area (Å²) in [6, 6.07) is 5.20. The molecule has 2 rings (SSSR count). The topological polar surface area (TPSA) is 50.4 Å². The molecule has 1 fully saturated rings. The minimum Gasteiger partial charge on any atom is -0.461 e. The first-order chi connectivity index (χ1) is 8.95. The van der Waals surface area contributed by atoms with Crippen molar-refractivity contribution in [1.82, 2.24) is 5.32 Å². The molecule has 0 unspecified atom stereocenters. The van der Waals surface area contributed by atoms with Gasteiger partial charge < -0.3 is 15.4 Å². The van der Waals surface area contributed by atoms with E-state index in [-0.39, 0.29) is 18.1 Å². The number of benzene rings is 1. The third-order valence-electron chi connectivity index (χ3n) is 2.90. The lowest BCUT2D eigenvalue weighted by atomic mass is 10.2. The molecular formula is C13H15ClN2O2S. The van der Waals surface area contributed by atoms with E-state index in [1.54, 1.807) is 6.07 Å². The predicted molar refractivity (Wildman–Crippen MR) is 79.5 cm³/mol. The van der Waals surface area contributed by atoms with Crippen LogP contribution in [0.2, 0.25) is 5.02 Å². The smallest absolute Gasteiger partial charge is 0.329 e. The molecule has 0 amide bonds.